The van der Waals surface area contributed by atoms with Crippen molar-refractivity contribution in [2.24, 2.45) is 0 Å². The van der Waals surface area contributed by atoms with Crippen LogP contribution in [0.2, 0.25) is 0 Å². The van der Waals surface area contributed by atoms with Gasteiger partial charge in [0.1, 0.15) is 11.6 Å². The van der Waals surface area contributed by atoms with E-state index in [2.05, 4.69) is 9.88 Å². The summed E-state index contributed by atoms with van der Waals surface area (Å²) in [6, 6.07) is 10.9. The Bertz CT molecular complexity index is 1150. The molecular weight excluding hydrogens is 388 g/mol. The third-order valence-electron chi connectivity index (χ3n) is 5.60. The molecule has 1 saturated heterocycles. The van der Waals surface area contributed by atoms with Crippen LogP contribution in [0.5, 0.6) is 0 Å². The number of pyridine rings is 1. The molecule has 1 fully saturated rings. The Morgan fingerprint density at radius 2 is 1.77 bits per heavy atom. The highest BCUT2D eigenvalue weighted by Crippen LogP contribution is 2.20. The Morgan fingerprint density at radius 3 is 2.50 bits per heavy atom. The summed E-state index contributed by atoms with van der Waals surface area (Å²) in [5.41, 5.74) is 1.83. The lowest BCUT2D eigenvalue weighted by atomic mass is 10.0. The van der Waals surface area contributed by atoms with Crippen molar-refractivity contribution in [3.8, 4) is 0 Å². The van der Waals surface area contributed by atoms with Crippen LogP contribution in [-0.4, -0.2) is 42.0 Å². The third kappa shape index (κ3) is 4.20. The number of benzene rings is 2. The fraction of sp³-hybridized carbons (Fsp3) is 0.304. The molecule has 5 nitrogen and oxygen atoms in total. The summed E-state index contributed by atoms with van der Waals surface area (Å²) < 4.78 is 27.0. The molecule has 3 aromatic rings. The lowest BCUT2D eigenvalue weighted by Crippen LogP contribution is -2.48. The molecule has 0 saturated carbocycles. The van der Waals surface area contributed by atoms with E-state index < -0.39 is 5.82 Å². The van der Waals surface area contributed by atoms with Crippen molar-refractivity contribution in [3.63, 3.8) is 0 Å². The van der Waals surface area contributed by atoms with Gasteiger partial charge in [0.15, 0.2) is 0 Å². The predicted octanol–water partition coefficient (Wildman–Crippen LogP) is 3.40. The van der Waals surface area contributed by atoms with Crippen molar-refractivity contribution in [2.45, 2.75) is 19.8 Å². The van der Waals surface area contributed by atoms with E-state index in [0.29, 0.717) is 54.6 Å². The Morgan fingerprint density at radius 1 is 1.00 bits per heavy atom. The molecule has 2 aromatic carbocycles. The number of rotatable bonds is 4. The number of hydrogen-bond donors (Lipinski definition) is 1. The summed E-state index contributed by atoms with van der Waals surface area (Å²) >= 11 is 0. The Kier molecular flexibility index (Phi) is 5.53. The van der Waals surface area contributed by atoms with Crippen LogP contribution in [0.15, 0.2) is 47.3 Å². The summed E-state index contributed by atoms with van der Waals surface area (Å²) in [6.07, 6.45) is 0.687. The topological polar surface area (TPSA) is 56.4 Å². The Balaban J connectivity index is 1.38. The van der Waals surface area contributed by atoms with Gasteiger partial charge < -0.3 is 14.8 Å². The van der Waals surface area contributed by atoms with Crippen LogP contribution in [0.3, 0.4) is 0 Å². The van der Waals surface area contributed by atoms with Crippen molar-refractivity contribution in [1.82, 2.24) is 9.88 Å². The second kappa shape index (κ2) is 8.26. The minimum Gasteiger partial charge on any atom is -0.368 e. The second-order valence-electron chi connectivity index (χ2n) is 7.66. The van der Waals surface area contributed by atoms with Crippen LogP contribution < -0.4 is 10.5 Å². The molecule has 1 aliphatic heterocycles. The first-order valence-corrected chi connectivity index (χ1v) is 10.0. The average molecular weight is 411 g/mol. The predicted molar refractivity (Wildman–Crippen MR) is 113 cm³/mol. The Hall–Kier alpha value is -3.22. The van der Waals surface area contributed by atoms with Crippen molar-refractivity contribution in [3.05, 3.63) is 75.7 Å². The minimum atomic E-state index is -0.439. The van der Waals surface area contributed by atoms with E-state index in [1.165, 1.54) is 24.3 Å². The first-order chi connectivity index (χ1) is 14.4. The quantitative estimate of drug-likeness (QED) is 0.716. The van der Waals surface area contributed by atoms with E-state index in [4.69, 9.17) is 0 Å². The van der Waals surface area contributed by atoms with E-state index >= 15 is 0 Å². The fourth-order valence-electron chi connectivity index (χ4n) is 3.98. The number of amides is 1. The molecule has 1 N–H and O–H groups in total. The van der Waals surface area contributed by atoms with Crippen LogP contribution in [0.4, 0.5) is 14.5 Å². The monoisotopic (exact) mass is 411 g/mol. The molecule has 156 valence electrons. The van der Waals surface area contributed by atoms with Crippen LogP contribution >= 0.6 is 0 Å². The number of anilines is 1. The standard InChI is InChI=1S/C23H23F2N3O2/c1-15-11-17(25)13-21-20(15)14-18(26-23(21)30)5-6-22(29)28-9-7-27(8-10-28)19-4-2-3-16(24)12-19/h2-4,11-14H,5-10H2,1H3,(H,26,30). The van der Waals surface area contributed by atoms with E-state index in [1.54, 1.807) is 17.9 Å². The van der Waals surface area contributed by atoms with E-state index in [9.17, 15) is 18.4 Å². The fourth-order valence-corrected chi connectivity index (χ4v) is 3.98. The van der Waals surface area contributed by atoms with E-state index in [0.717, 1.165) is 5.69 Å². The number of carbonyl (C=O) groups is 1. The summed E-state index contributed by atoms with van der Waals surface area (Å²) in [4.78, 5) is 31.6. The molecule has 1 amide bonds. The van der Waals surface area contributed by atoms with Gasteiger partial charge in [0.2, 0.25) is 5.91 Å². The number of piperazine rings is 1. The number of nitrogens with zero attached hydrogens (tertiary/aromatic N) is 2. The molecule has 7 heteroatoms. The van der Waals surface area contributed by atoms with Crippen molar-refractivity contribution in [2.75, 3.05) is 31.1 Å². The van der Waals surface area contributed by atoms with Gasteiger partial charge in [-0.25, -0.2) is 8.78 Å². The number of aromatic nitrogens is 1. The molecule has 0 bridgehead atoms. The van der Waals surface area contributed by atoms with Crippen LogP contribution in [-0.2, 0) is 11.2 Å². The van der Waals surface area contributed by atoms with Crippen LogP contribution in [0.25, 0.3) is 10.8 Å². The summed E-state index contributed by atoms with van der Waals surface area (Å²) in [6.45, 7) is 4.20. The number of nitrogens with one attached hydrogen (secondary N) is 1. The first kappa shape index (κ1) is 20.1. The first-order valence-electron chi connectivity index (χ1n) is 10.0. The minimum absolute atomic E-state index is 0.0191. The van der Waals surface area contributed by atoms with Gasteiger partial charge >= 0.3 is 0 Å². The molecular formula is C23H23F2N3O2. The van der Waals surface area contributed by atoms with Crippen LogP contribution in [0, 0.1) is 18.6 Å². The van der Waals surface area contributed by atoms with E-state index in [1.807, 2.05) is 12.1 Å². The maximum Gasteiger partial charge on any atom is 0.256 e. The highest BCUT2D eigenvalue weighted by Gasteiger charge is 2.21. The van der Waals surface area contributed by atoms with Crippen molar-refractivity contribution >= 4 is 22.4 Å². The zero-order valence-corrected chi connectivity index (χ0v) is 16.8. The van der Waals surface area contributed by atoms with Gasteiger partial charge in [-0.05, 0) is 60.7 Å². The lowest BCUT2D eigenvalue weighted by molar-refractivity contribution is -0.131. The molecule has 0 aliphatic carbocycles. The smallest absolute Gasteiger partial charge is 0.256 e. The third-order valence-corrected chi connectivity index (χ3v) is 5.60. The van der Waals surface area contributed by atoms with Gasteiger partial charge in [-0.2, -0.15) is 0 Å². The van der Waals surface area contributed by atoms with Gasteiger partial charge in [-0.1, -0.05) is 6.07 Å². The molecule has 30 heavy (non-hydrogen) atoms. The maximum atomic E-state index is 13.6. The lowest BCUT2D eigenvalue weighted by Gasteiger charge is -2.36. The largest absolute Gasteiger partial charge is 0.368 e. The van der Waals surface area contributed by atoms with Crippen molar-refractivity contribution < 1.29 is 13.6 Å². The number of H-pyrrole nitrogens is 1. The zero-order valence-electron chi connectivity index (χ0n) is 16.8. The molecule has 0 spiro atoms. The zero-order chi connectivity index (χ0) is 21.3. The molecule has 4 rings (SSSR count). The maximum absolute atomic E-state index is 13.6. The van der Waals surface area contributed by atoms with Gasteiger partial charge in [0.05, 0.1) is 5.39 Å². The van der Waals surface area contributed by atoms with Gasteiger partial charge in [0.25, 0.3) is 5.56 Å². The Labute approximate surface area is 172 Å². The number of hydrogen-bond acceptors (Lipinski definition) is 3. The number of aromatic amines is 1. The number of fused-ring (bicyclic) bond motifs is 1. The number of aryl methyl sites for hydroxylation is 2. The normalized spacial score (nSPS) is 14.4. The molecule has 0 radical (unpaired) electrons. The van der Waals surface area contributed by atoms with E-state index in [-0.39, 0.29) is 23.7 Å². The van der Waals surface area contributed by atoms with Crippen LogP contribution in [0.1, 0.15) is 17.7 Å². The number of halogens is 2. The molecule has 0 unspecified atom stereocenters. The SMILES string of the molecule is Cc1cc(F)cc2c(=O)[nH]c(CCC(=O)N3CCN(c4cccc(F)c4)CC3)cc12. The molecule has 1 aliphatic rings. The summed E-state index contributed by atoms with van der Waals surface area (Å²) in [5, 5.41) is 1.02. The second-order valence-corrected chi connectivity index (χ2v) is 7.66. The van der Waals surface area contributed by atoms with Gasteiger partial charge in [-0.15, -0.1) is 0 Å². The molecule has 1 aromatic heterocycles. The van der Waals surface area contributed by atoms with Gasteiger partial charge in [0, 0.05) is 44.0 Å². The molecule has 0 atom stereocenters. The van der Waals surface area contributed by atoms with Gasteiger partial charge in [-0.3, -0.25) is 9.59 Å². The molecule has 2 heterocycles. The highest BCUT2D eigenvalue weighted by atomic mass is 19.1. The summed E-state index contributed by atoms with van der Waals surface area (Å²) in [5.74, 6) is -0.690. The number of carbonyl (C=O) groups excluding carboxylic acids is 1. The summed E-state index contributed by atoms with van der Waals surface area (Å²) in [7, 11) is 0. The average Bonchev–Trinajstić information content (AvgIpc) is 2.73. The van der Waals surface area contributed by atoms with Crippen molar-refractivity contribution in [1.29, 1.82) is 0 Å². The highest BCUT2D eigenvalue weighted by molar-refractivity contribution is 5.85.